The highest BCUT2D eigenvalue weighted by Gasteiger charge is 2.15. The third-order valence-corrected chi connectivity index (χ3v) is 1.75. The van der Waals surface area contributed by atoms with Crippen LogP contribution in [0.25, 0.3) is 0 Å². The van der Waals surface area contributed by atoms with Crippen molar-refractivity contribution >= 4 is 11.9 Å². The maximum absolute atomic E-state index is 10.7. The second-order valence-corrected chi connectivity index (χ2v) is 3.02. The third kappa shape index (κ3) is 9.19. The normalized spacial score (nSPS) is 11.3. The predicted octanol–water partition coefficient (Wildman–Crippen LogP) is -2.75. The van der Waals surface area contributed by atoms with Gasteiger partial charge in [-0.3, -0.25) is 9.79 Å². The van der Waals surface area contributed by atoms with Crippen LogP contribution in [-0.4, -0.2) is 53.4 Å². The summed E-state index contributed by atoms with van der Waals surface area (Å²) in [6.45, 7) is 0.587. The topological polar surface area (TPSA) is 165 Å². The van der Waals surface area contributed by atoms with E-state index in [1.165, 1.54) is 0 Å². The van der Waals surface area contributed by atoms with Gasteiger partial charge in [0.05, 0.1) is 6.61 Å². The lowest BCUT2D eigenvalue weighted by molar-refractivity contribution is -0.139. The first-order valence-electron chi connectivity index (χ1n) is 4.70. The van der Waals surface area contributed by atoms with Crippen LogP contribution in [0, 0.1) is 0 Å². The molecular weight excluding hydrogens is 216 g/mol. The van der Waals surface area contributed by atoms with E-state index in [4.69, 9.17) is 21.7 Å². The van der Waals surface area contributed by atoms with Gasteiger partial charge in [0.15, 0.2) is 5.96 Å². The summed E-state index contributed by atoms with van der Waals surface area (Å²) in [5.74, 6) is -0.932. The Labute approximate surface area is 93.6 Å². The van der Waals surface area contributed by atoms with E-state index >= 15 is 0 Å². The largest absolute Gasteiger partial charge is 0.480 e. The molecule has 0 rings (SSSR count). The molecule has 0 aromatic heterocycles. The molecule has 96 valence electrons. The highest BCUT2D eigenvalue weighted by molar-refractivity contribution is 5.75. The van der Waals surface area contributed by atoms with E-state index in [2.05, 4.69) is 10.3 Å². The Morgan fingerprint density at radius 2 is 2.06 bits per heavy atom. The molecule has 8 nitrogen and oxygen atoms in total. The van der Waals surface area contributed by atoms with Crippen molar-refractivity contribution < 1.29 is 20.5 Å². The Hall–Kier alpha value is -1.38. The van der Waals surface area contributed by atoms with Crippen molar-refractivity contribution in [2.75, 3.05) is 19.7 Å². The SMILES string of the molecule is NC(N)=NCCC[C@H](NCCO)C(=O)O.O. The molecule has 0 unspecified atom stereocenters. The van der Waals surface area contributed by atoms with Gasteiger partial charge >= 0.3 is 5.97 Å². The van der Waals surface area contributed by atoms with Crippen LogP contribution in [0.2, 0.25) is 0 Å². The van der Waals surface area contributed by atoms with Crippen molar-refractivity contribution in [3.8, 4) is 0 Å². The molecule has 0 aromatic carbocycles. The van der Waals surface area contributed by atoms with E-state index in [0.717, 1.165) is 0 Å². The van der Waals surface area contributed by atoms with Crippen molar-refractivity contribution in [3.05, 3.63) is 0 Å². The van der Waals surface area contributed by atoms with Crippen molar-refractivity contribution in [3.63, 3.8) is 0 Å². The van der Waals surface area contributed by atoms with E-state index in [0.29, 0.717) is 19.4 Å². The molecule has 0 saturated heterocycles. The van der Waals surface area contributed by atoms with Crippen LogP contribution in [0.3, 0.4) is 0 Å². The lowest BCUT2D eigenvalue weighted by Gasteiger charge is -2.12. The van der Waals surface area contributed by atoms with Gasteiger partial charge in [-0.15, -0.1) is 0 Å². The van der Waals surface area contributed by atoms with E-state index in [1.54, 1.807) is 0 Å². The Kier molecular flexibility index (Phi) is 10.8. The van der Waals surface area contributed by atoms with Gasteiger partial charge in [-0.1, -0.05) is 0 Å². The van der Waals surface area contributed by atoms with E-state index < -0.39 is 12.0 Å². The van der Waals surface area contributed by atoms with Crippen LogP contribution in [0.1, 0.15) is 12.8 Å². The fraction of sp³-hybridized carbons (Fsp3) is 0.750. The average molecular weight is 236 g/mol. The molecule has 0 fully saturated rings. The molecule has 0 aliphatic carbocycles. The summed E-state index contributed by atoms with van der Waals surface area (Å²) < 4.78 is 0. The number of nitrogens with one attached hydrogen (secondary N) is 1. The van der Waals surface area contributed by atoms with Crippen molar-refractivity contribution in [2.45, 2.75) is 18.9 Å². The number of carboxylic acid groups (broad SMARTS) is 1. The summed E-state index contributed by atoms with van der Waals surface area (Å²) in [6, 6.07) is -0.661. The monoisotopic (exact) mass is 236 g/mol. The van der Waals surface area contributed by atoms with Crippen LogP contribution in [0.5, 0.6) is 0 Å². The predicted molar refractivity (Wildman–Crippen MR) is 60.0 cm³/mol. The van der Waals surface area contributed by atoms with Crippen molar-refractivity contribution in [2.24, 2.45) is 16.5 Å². The van der Waals surface area contributed by atoms with E-state index in [9.17, 15) is 4.79 Å². The minimum absolute atomic E-state index is 0. The van der Waals surface area contributed by atoms with Crippen molar-refractivity contribution in [1.82, 2.24) is 5.32 Å². The van der Waals surface area contributed by atoms with E-state index in [1.807, 2.05) is 0 Å². The highest BCUT2D eigenvalue weighted by Crippen LogP contribution is 1.97. The van der Waals surface area contributed by atoms with Gasteiger partial charge in [0.25, 0.3) is 0 Å². The zero-order chi connectivity index (χ0) is 11.7. The zero-order valence-electron chi connectivity index (χ0n) is 9.02. The summed E-state index contributed by atoms with van der Waals surface area (Å²) >= 11 is 0. The third-order valence-electron chi connectivity index (χ3n) is 1.75. The minimum atomic E-state index is -0.937. The fourth-order valence-electron chi connectivity index (χ4n) is 1.06. The van der Waals surface area contributed by atoms with Crippen molar-refractivity contribution in [1.29, 1.82) is 0 Å². The second-order valence-electron chi connectivity index (χ2n) is 3.02. The fourth-order valence-corrected chi connectivity index (χ4v) is 1.06. The number of aliphatic hydroxyl groups is 1. The molecule has 1 atom stereocenters. The Morgan fingerprint density at radius 1 is 1.44 bits per heavy atom. The summed E-state index contributed by atoms with van der Waals surface area (Å²) in [5, 5.41) is 20.0. The van der Waals surface area contributed by atoms with Gasteiger partial charge in [0, 0.05) is 13.1 Å². The van der Waals surface area contributed by atoms with Gasteiger partial charge in [-0.05, 0) is 12.8 Å². The number of carboxylic acids is 1. The molecule has 9 N–H and O–H groups in total. The number of hydrogen-bond acceptors (Lipinski definition) is 4. The molecule has 0 aliphatic heterocycles. The van der Waals surface area contributed by atoms with Gasteiger partial charge in [0.2, 0.25) is 0 Å². The number of nitrogens with two attached hydrogens (primary N) is 2. The van der Waals surface area contributed by atoms with Gasteiger partial charge in [-0.25, -0.2) is 0 Å². The van der Waals surface area contributed by atoms with Gasteiger partial charge in [-0.2, -0.15) is 0 Å². The molecule has 0 radical (unpaired) electrons. The lowest BCUT2D eigenvalue weighted by atomic mass is 10.1. The Morgan fingerprint density at radius 3 is 2.50 bits per heavy atom. The minimum Gasteiger partial charge on any atom is -0.480 e. The second kappa shape index (κ2) is 10.1. The van der Waals surface area contributed by atoms with Crippen LogP contribution in [-0.2, 0) is 4.79 Å². The molecule has 16 heavy (non-hydrogen) atoms. The number of aliphatic imine (C=N–C) groups is 1. The molecular formula is C8H20N4O4. The summed E-state index contributed by atoms with van der Waals surface area (Å²) in [4.78, 5) is 14.4. The Bertz CT molecular complexity index is 218. The molecule has 0 bridgehead atoms. The smallest absolute Gasteiger partial charge is 0.320 e. The zero-order valence-corrected chi connectivity index (χ0v) is 9.02. The molecule has 0 saturated carbocycles. The number of rotatable bonds is 8. The van der Waals surface area contributed by atoms with Crippen LogP contribution >= 0.6 is 0 Å². The molecule has 0 aromatic rings. The first-order chi connectivity index (χ1) is 7.07. The first kappa shape index (κ1) is 17.0. The van der Waals surface area contributed by atoms with Crippen LogP contribution < -0.4 is 16.8 Å². The highest BCUT2D eigenvalue weighted by atomic mass is 16.4. The Balaban J connectivity index is 0. The van der Waals surface area contributed by atoms with Crippen LogP contribution in [0.15, 0.2) is 4.99 Å². The molecule has 0 aliphatic rings. The maximum atomic E-state index is 10.7. The standard InChI is InChI=1S/C8H18N4O3.H2O/c9-8(10)12-3-1-2-6(7(14)15)11-4-5-13;/h6,11,13H,1-5H2,(H,14,15)(H4,9,10,12);1H2/t6-;/m0./s1. The summed E-state index contributed by atoms with van der Waals surface area (Å²) in [6.07, 6.45) is 0.999. The molecule has 8 heteroatoms. The number of aliphatic hydroxyl groups excluding tert-OH is 1. The van der Waals surface area contributed by atoms with Gasteiger partial charge in [0.1, 0.15) is 6.04 Å². The van der Waals surface area contributed by atoms with Crippen LogP contribution in [0.4, 0.5) is 0 Å². The number of carbonyl (C=O) groups is 1. The maximum Gasteiger partial charge on any atom is 0.320 e. The summed E-state index contributed by atoms with van der Waals surface area (Å²) in [7, 11) is 0. The molecule has 0 heterocycles. The number of hydrogen-bond donors (Lipinski definition) is 5. The van der Waals surface area contributed by atoms with Gasteiger partial charge < -0.3 is 32.5 Å². The molecule has 0 amide bonds. The first-order valence-corrected chi connectivity index (χ1v) is 4.70. The lowest BCUT2D eigenvalue weighted by Crippen LogP contribution is -2.38. The molecule has 0 spiro atoms. The number of aliphatic carboxylic acids is 1. The quantitative estimate of drug-likeness (QED) is 0.174. The summed E-state index contributed by atoms with van der Waals surface area (Å²) in [5.41, 5.74) is 10.2. The average Bonchev–Trinajstić information content (AvgIpc) is 2.15. The van der Waals surface area contributed by atoms with E-state index in [-0.39, 0.29) is 24.6 Å². The number of guanidine groups is 1. The number of nitrogens with zero attached hydrogens (tertiary/aromatic N) is 1.